The average Bonchev–Trinajstić information content (AvgIpc) is 2.26. The normalized spacial score (nSPS) is 12.0. The minimum Gasteiger partial charge on any atom is -0.507 e. The number of halogens is 1. The lowest BCUT2D eigenvalue weighted by molar-refractivity contribution is 0.0693. The second-order valence-electron chi connectivity index (χ2n) is 4.66. The van der Waals surface area contributed by atoms with Crippen LogP contribution >= 0.6 is 12.4 Å². The van der Waals surface area contributed by atoms with Gasteiger partial charge in [0.15, 0.2) is 0 Å². The molecule has 0 heterocycles. The summed E-state index contributed by atoms with van der Waals surface area (Å²) in [6.07, 6.45) is 1.80. The van der Waals surface area contributed by atoms with E-state index in [1.165, 1.54) is 12.1 Å². The number of benzene rings is 1. The van der Waals surface area contributed by atoms with E-state index in [0.29, 0.717) is 5.92 Å². The maximum absolute atomic E-state index is 10.9. The van der Waals surface area contributed by atoms with Gasteiger partial charge in [0.25, 0.3) is 0 Å². The zero-order valence-corrected chi connectivity index (χ0v) is 11.4. The van der Waals surface area contributed by atoms with Gasteiger partial charge in [-0.25, -0.2) is 4.79 Å². The molecule has 1 atom stereocenters. The van der Waals surface area contributed by atoms with Gasteiger partial charge in [-0.2, -0.15) is 0 Å². The number of rotatable bonds is 5. The van der Waals surface area contributed by atoms with E-state index in [1.807, 2.05) is 0 Å². The first kappa shape index (κ1) is 16.7. The smallest absolute Gasteiger partial charge is 0.339 e. The summed E-state index contributed by atoms with van der Waals surface area (Å²) in [7, 11) is 0. The van der Waals surface area contributed by atoms with Crippen molar-refractivity contribution < 1.29 is 15.0 Å². The molecule has 0 saturated heterocycles. The Kier molecular flexibility index (Phi) is 6.73. The van der Waals surface area contributed by atoms with Crippen molar-refractivity contribution >= 4 is 18.4 Å². The fraction of sp³-hybridized carbons (Fsp3) is 0.462. The molecule has 1 aromatic carbocycles. The van der Waals surface area contributed by atoms with Gasteiger partial charge >= 0.3 is 5.97 Å². The lowest BCUT2D eigenvalue weighted by Gasteiger charge is -2.14. The molecular weight excluding hydrogens is 254 g/mol. The molecule has 1 aromatic rings. The van der Waals surface area contributed by atoms with E-state index in [-0.39, 0.29) is 29.8 Å². The Bertz CT molecular complexity index is 407. The molecule has 0 radical (unpaired) electrons. The van der Waals surface area contributed by atoms with Gasteiger partial charge < -0.3 is 15.9 Å². The molecule has 0 spiro atoms. The van der Waals surface area contributed by atoms with E-state index in [0.717, 1.165) is 18.4 Å². The second kappa shape index (κ2) is 7.24. The molecular formula is C13H20ClNO3. The van der Waals surface area contributed by atoms with Crippen LogP contribution in [0.3, 0.4) is 0 Å². The number of phenols is 1. The van der Waals surface area contributed by atoms with Crippen molar-refractivity contribution in [3.63, 3.8) is 0 Å². The maximum Gasteiger partial charge on any atom is 0.339 e. The van der Waals surface area contributed by atoms with Crippen molar-refractivity contribution in [2.45, 2.75) is 32.7 Å². The molecule has 102 valence electrons. The molecule has 0 aromatic heterocycles. The van der Waals surface area contributed by atoms with E-state index in [1.54, 1.807) is 6.07 Å². The van der Waals surface area contributed by atoms with Gasteiger partial charge in [-0.05, 0) is 36.5 Å². The summed E-state index contributed by atoms with van der Waals surface area (Å²) in [6, 6.07) is 4.32. The molecule has 18 heavy (non-hydrogen) atoms. The monoisotopic (exact) mass is 273 g/mol. The van der Waals surface area contributed by atoms with Crippen molar-refractivity contribution in [3.05, 3.63) is 29.3 Å². The van der Waals surface area contributed by atoms with Crippen molar-refractivity contribution in [3.8, 4) is 5.75 Å². The van der Waals surface area contributed by atoms with E-state index in [4.69, 9.17) is 10.8 Å². The Morgan fingerprint density at radius 1 is 1.33 bits per heavy atom. The minimum atomic E-state index is -1.14. The predicted octanol–water partition coefficient (Wildman–Crippen LogP) is 2.95. The highest BCUT2D eigenvalue weighted by atomic mass is 35.5. The van der Waals surface area contributed by atoms with Crippen LogP contribution in [-0.4, -0.2) is 16.2 Å². The van der Waals surface area contributed by atoms with Gasteiger partial charge in [-0.15, -0.1) is 12.4 Å². The molecule has 0 aliphatic heterocycles. The predicted molar refractivity (Wildman–Crippen MR) is 73.3 cm³/mol. The van der Waals surface area contributed by atoms with Crippen molar-refractivity contribution in [1.29, 1.82) is 0 Å². The lowest BCUT2D eigenvalue weighted by atomic mass is 9.97. The fourth-order valence-corrected chi connectivity index (χ4v) is 1.64. The lowest BCUT2D eigenvalue weighted by Crippen LogP contribution is -2.12. The van der Waals surface area contributed by atoms with Gasteiger partial charge in [0.1, 0.15) is 11.3 Å². The first-order valence-corrected chi connectivity index (χ1v) is 5.73. The van der Waals surface area contributed by atoms with E-state index >= 15 is 0 Å². The van der Waals surface area contributed by atoms with Crippen LogP contribution < -0.4 is 5.73 Å². The van der Waals surface area contributed by atoms with Crippen LogP contribution in [0.25, 0.3) is 0 Å². The van der Waals surface area contributed by atoms with E-state index in [9.17, 15) is 9.90 Å². The highest BCUT2D eigenvalue weighted by Crippen LogP contribution is 2.24. The number of carbonyl (C=O) groups is 1. The summed E-state index contributed by atoms with van der Waals surface area (Å²) < 4.78 is 0. The summed E-state index contributed by atoms with van der Waals surface area (Å²) in [5.41, 5.74) is 6.64. The third-order valence-electron chi connectivity index (χ3n) is 2.73. The molecule has 0 bridgehead atoms. The number of hydrogen-bond acceptors (Lipinski definition) is 3. The Morgan fingerprint density at radius 2 is 1.94 bits per heavy atom. The van der Waals surface area contributed by atoms with Crippen LogP contribution in [0.5, 0.6) is 5.75 Å². The summed E-state index contributed by atoms with van der Waals surface area (Å²) in [5.74, 6) is -0.796. The topological polar surface area (TPSA) is 83.5 Å². The molecule has 5 heteroatoms. The largest absolute Gasteiger partial charge is 0.507 e. The number of carboxylic acids is 1. The maximum atomic E-state index is 10.9. The number of aromatic carboxylic acids is 1. The van der Waals surface area contributed by atoms with E-state index in [2.05, 4.69) is 13.8 Å². The summed E-state index contributed by atoms with van der Waals surface area (Å²) in [4.78, 5) is 10.9. The Hall–Kier alpha value is -1.26. The second-order valence-corrected chi connectivity index (χ2v) is 4.66. The Labute approximate surface area is 113 Å². The summed E-state index contributed by atoms with van der Waals surface area (Å²) in [5, 5.41) is 18.3. The van der Waals surface area contributed by atoms with Crippen LogP contribution in [0.2, 0.25) is 0 Å². The molecule has 0 fully saturated rings. The standard InChI is InChI=1S/C13H19NO3.ClH/c1-8(2)3-5-11(14)9-4-6-12(15)10(7-9)13(16)17;/h4,6-8,11,15H,3,5,14H2,1-2H3,(H,16,17);1H/t11-;/m1./s1. The van der Waals surface area contributed by atoms with Crippen molar-refractivity contribution in [2.75, 3.05) is 0 Å². The Morgan fingerprint density at radius 3 is 2.44 bits per heavy atom. The van der Waals surface area contributed by atoms with Gasteiger partial charge in [0.05, 0.1) is 0 Å². The third-order valence-corrected chi connectivity index (χ3v) is 2.73. The summed E-state index contributed by atoms with van der Waals surface area (Å²) in [6.45, 7) is 4.23. The highest BCUT2D eigenvalue weighted by molar-refractivity contribution is 5.90. The van der Waals surface area contributed by atoms with Crippen LogP contribution in [-0.2, 0) is 0 Å². The van der Waals surface area contributed by atoms with Gasteiger partial charge in [-0.3, -0.25) is 0 Å². The molecule has 0 aliphatic carbocycles. The first-order valence-electron chi connectivity index (χ1n) is 5.73. The Balaban J connectivity index is 0.00000289. The zero-order chi connectivity index (χ0) is 13.0. The zero-order valence-electron chi connectivity index (χ0n) is 10.6. The van der Waals surface area contributed by atoms with Crippen LogP contribution in [0.1, 0.15) is 48.7 Å². The van der Waals surface area contributed by atoms with Gasteiger partial charge in [0.2, 0.25) is 0 Å². The van der Waals surface area contributed by atoms with Gasteiger partial charge in [-0.1, -0.05) is 19.9 Å². The molecule has 0 aliphatic rings. The number of carboxylic acid groups (broad SMARTS) is 1. The molecule has 4 N–H and O–H groups in total. The molecule has 0 unspecified atom stereocenters. The van der Waals surface area contributed by atoms with E-state index < -0.39 is 5.97 Å². The fourth-order valence-electron chi connectivity index (χ4n) is 1.64. The molecule has 1 rings (SSSR count). The number of nitrogens with two attached hydrogens (primary N) is 1. The number of hydrogen-bond donors (Lipinski definition) is 3. The quantitative estimate of drug-likeness (QED) is 0.770. The highest BCUT2D eigenvalue weighted by Gasteiger charge is 2.13. The van der Waals surface area contributed by atoms with Gasteiger partial charge in [0, 0.05) is 6.04 Å². The molecule has 0 amide bonds. The summed E-state index contributed by atoms with van der Waals surface area (Å²) >= 11 is 0. The SMILES string of the molecule is CC(C)CC[C@@H](N)c1ccc(O)c(C(=O)O)c1.Cl. The minimum absolute atomic E-state index is 0. The van der Waals surface area contributed by atoms with Crippen LogP contribution in [0.15, 0.2) is 18.2 Å². The average molecular weight is 274 g/mol. The third kappa shape index (κ3) is 4.55. The molecule has 4 nitrogen and oxygen atoms in total. The van der Waals surface area contributed by atoms with Crippen LogP contribution in [0.4, 0.5) is 0 Å². The van der Waals surface area contributed by atoms with Crippen molar-refractivity contribution in [2.24, 2.45) is 11.7 Å². The van der Waals surface area contributed by atoms with Crippen LogP contribution in [0, 0.1) is 5.92 Å². The van der Waals surface area contributed by atoms with Crippen molar-refractivity contribution in [1.82, 2.24) is 0 Å². The first-order chi connectivity index (χ1) is 7.91. The number of aromatic hydroxyl groups is 1. The molecule has 0 saturated carbocycles.